The molecule has 0 atom stereocenters. The van der Waals surface area contributed by atoms with Gasteiger partial charge in [-0.3, -0.25) is 4.90 Å². The van der Waals surface area contributed by atoms with Crippen molar-refractivity contribution < 1.29 is 0 Å². The first kappa shape index (κ1) is 13.8. The molecule has 2 aliphatic rings. The first-order chi connectivity index (χ1) is 10.8. The Balaban J connectivity index is 1.55. The van der Waals surface area contributed by atoms with Crippen LogP contribution in [0.1, 0.15) is 24.2 Å². The van der Waals surface area contributed by atoms with Gasteiger partial charge in [-0.1, -0.05) is 6.07 Å². The molecule has 0 aromatic carbocycles. The molecular weight excluding hydrogens is 274 g/mol. The first-order valence-electron chi connectivity index (χ1n) is 8.17. The van der Waals surface area contributed by atoms with Crippen molar-refractivity contribution in [1.29, 1.82) is 0 Å². The highest BCUT2D eigenvalue weighted by Gasteiger charge is 2.28. The maximum Gasteiger partial charge on any atom is 0.133 e. The zero-order valence-corrected chi connectivity index (χ0v) is 13.1. The summed E-state index contributed by atoms with van der Waals surface area (Å²) < 4.78 is 2.11. The van der Waals surface area contributed by atoms with Crippen LogP contribution in [0.2, 0.25) is 0 Å². The Bertz CT molecular complexity index is 646. The van der Waals surface area contributed by atoms with Gasteiger partial charge in [0.1, 0.15) is 11.6 Å². The molecule has 5 nitrogen and oxygen atoms in total. The summed E-state index contributed by atoms with van der Waals surface area (Å²) in [4.78, 5) is 14.1. The maximum atomic E-state index is 4.67. The van der Waals surface area contributed by atoms with Crippen LogP contribution in [0, 0.1) is 5.92 Å². The van der Waals surface area contributed by atoms with Crippen molar-refractivity contribution in [3.63, 3.8) is 0 Å². The zero-order chi connectivity index (χ0) is 14.9. The van der Waals surface area contributed by atoms with Gasteiger partial charge in [0.2, 0.25) is 0 Å². The predicted octanol–water partition coefficient (Wildman–Crippen LogP) is 2.05. The minimum absolute atomic E-state index is 0.885. The molecule has 1 aliphatic carbocycles. The molecule has 1 aliphatic heterocycles. The van der Waals surface area contributed by atoms with E-state index in [0.29, 0.717) is 0 Å². The van der Waals surface area contributed by atoms with Crippen LogP contribution in [0.5, 0.6) is 0 Å². The Morgan fingerprint density at radius 3 is 2.86 bits per heavy atom. The SMILES string of the molecule is Cn1ccnc1CN1CCN(CC2CC2)c2ncccc2C1. The molecule has 2 aromatic heterocycles. The van der Waals surface area contributed by atoms with Crippen LogP contribution >= 0.6 is 0 Å². The molecule has 2 aromatic rings. The van der Waals surface area contributed by atoms with Crippen LogP contribution in [-0.4, -0.2) is 39.1 Å². The zero-order valence-electron chi connectivity index (χ0n) is 13.1. The van der Waals surface area contributed by atoms with E-state index < -0.39 is 0 Å². The fourth-order valence-electron chi connectivity index (χ4n) is 3.20. The second-order valence-corrected chi connectivity index (χ2v) is 6.54. The minimum atomic E-state index is 0.885. The van der Waals surface area contributed by atoms with Crippen LogP contribution in [0.25, 0.3) is 0 Å². The lowest BCUT2D eigenvalue weighted by Gasteiger charge is -2.23. The van der Waals surface area contributed by atoms with E-state index in [1.54, 1.807) is 0 Å². The quantitative estimate of drug-likeness (QED) is 0.865. The van der Waals surface area contributed by atoms with Gasteiger partial charge >= 0.3 is 0 Å². The van der Waals surface area contributed by atoms with Crippen molar-refractivity contribution in [3.8, 4) is 0 Å². The molecule has 5 heteroatoms. The largest absolute Gasteiger partial charge is 0.355 e. The molecule has 0 unspecified atom stereocenters. The number of fused-ring (bicyclic) bond motifs is 1. The summed E-state index contributed by atoms with van der Waals surface area (Å²) in [5.74, 6) is 3.20. The number of rotatable bonds is 4. The van der Waals surface area contributed by atoms with Gasteiger partial charge in [0.15, 0.2) is 0 Å². The third kappa shape index (κ3) is 2.86. The topological polar surface area (TPSA) is 37.2 Å². The van der Waals surface area contributed by atoms with Crippen molar-refractivity contribution in [2.75, 3.05) is 24.5 Å². The molecule has 0 amide bonds. The summed E-state index contributed by atoms with van der Waals surface area (Å²) in [5, 5.41) is 0. The van der Waals surface area contributed by atoms with Gasteiger partial charge in [-0.25, -0.2) is 9.97 Å². The van der Waals surface area contributed by atoms with E-state index in [-0.39, 0.29) is 0 Å². The molecule has 0 saturated heterocycles. The monoisotopic (exact) mass is 297 g/mol. The van der Waals surface area contributed by atoms with Gasteiger partial charge in [-0.15, -0.1) is 0 Å². The third-order valence-corrected chi connectivity index (χ3v) is 4.71. The van der Waals surface area contributed by atoms with Crippen molar-refractivity contribution in [1.82, 2.24) is 19.4 Å². The van der Waals surface area contributed by atoms with Gasteiger partial charge < -0.3 is 9.47 Å². The smallest absolute Gasteiger partial charge is 0.133 e. The van der Waals surface area contributed by atoms with Crippen molar-refractivity contribution in [2.24, 2.45) is 13.0 Å². The van der Waals surface area contributed by atoms with Crippen molar-refractivity contribution in [3.05, 3.63) is 42.1 Å². The lowest BCUT2D eigenvalue weighted by molar-refractivity contribution is 0.259. The summed E-state index contributed by atoms with van der Waals surface area (Å²) in [6, 6.07) is 4.28. The average Bonchev–Trinajstić information content (AvgIpc) is 3.28. The fourth-order valence-corrected chi connectivity index (χ4v) is 3.20. The van der Waals surface area contributed by atoms with Gasteiger partial charge in [-0.05, 0) is 24.8 Å². The normalized spacial score (nSPS) is 19.0. The summed E-state index contributed by atoms with van der Waals surface area (Å²) >= 11 is 0. The molecule has 22 heavy (non-hydrogen) atoms. The molecule has 1 fully saturated rings. The Hall–Kier alpha value is -1.88. The molecule has 3 heterocycles. The number of anilines is 1. The molecule has 0 radical (unpaired) electrons. The summed E-state index contributed by atoms with van der Waals surface area (Å²) in [6.45, 7) is 5.15. The average molecular weight is 297 g/mol. The number of imidazole rings is 1. The van der Waals surface area contributed by atoms with Gasteiger partial charge in [-0.2, -0.15) is 0 Å². The van der Waals surface area contributed by atoms with Crippen LogP contribution < -0.4 is 4.90 Å². The van der Waals surface area contributed by atoms with Crippen LogP contribution in [0.3, 0.4) is 0 Å². The number of aryl methyl sites for hydroxylation is 1. The summed E-state index contributed by atoms with van der Waals surface area (Å²) in [6.07, 6.45) is 8.59. The third-order valence-electron chi connectivity index (χ3n) is 4.71. The maximum absolute atomic E-state index is 4.67. The number of aromatic nitrogens is 3. The molecule has 4 rings (SSSR count). The fraction of sp³-hybridized carbons (Fsp3) is 0.529. The van der Waals surface area contributed by atoms with E-state index in [1.165, 1.54) is 30.8 Å². The van der Waals surface area contributed by atoms with E-state index in [4.69, 9.17) is 0 Å². The summed E-state index contributed by atoms with van der Waals surface area (Å²) in [7, 11) is 2.06. The van der Waals surface area contributed by atoms with E-state index in [9.17, 15) is 0 Å². The first-order valence-corrected chi connectivity index (χ1v) is 8.17. The second-order valence-electron chi connectivity index (χ2n) is 6.54. The van der Waals surface area contributed by atoms with E-state index in [0.717, 1.165) is 37.9 Å². The highest BCUT2D eigenvalue weighted by atomic mass is 15.3. The van der Waals surface area contributed by atoms with Crippen molar-refractivity contribution in [2.45, 2.75) is 25.9 Å². The van der Waals surface area contributed by atoms with Gasteiger partial charge in [0.25, 0.3) is 0 Å². The van der Waals surface area contributed by atoms with Crippen LogP contribution in [-0.2, 0) is 20.1 Å². The van der Waals surface area contributed by atoms with E-state index in [1.807, 2.05) is 18.6 Å². The van der Waals surface area contributed by atoms with Crippen LogP contribution in [0.15, 0.2) is 30.7 Å². The number of hydrogen-bond acceptors (Lipinski definition) is 4. The Morgan fingerprint density at radius 1 is 1.18 bits per heavy atom. The standard InChI is InChI=1S/C17H23N5/c1-20-8-7-18-16(20)13-21-9-10-22(11-14-4-5-14)17-15(12-21)3-2-6-19-17/h2-3,6-8,14H,4-5,9-13H2,1H3. The highest BCUT2D eigenvalue weighted by molar-refractivity contribution is 5.47. The number of pyridine rings is 1. The number of nitrogens with zero attached hydrogens (tertiary/aromatic N) is 5. The number of hydrogen-bond donors (Lipinski definition) is 0. The predicted molar refractivity (Wildman–Crippen MR) is 86.5 cm³/mol. The van der Waals surface area contributed by atoms with Gasteiger partial charge in [0.05, 0.1) is 6.54 Å². The molecule has 116 valence electrons. The molecular formula is C17H23N5. The Kier molecular flexibility index (Phi) is 3.58. The highest BCUT2D eigenvalue weighted by Crippen LogP contribution is 2.32. The molecule has 1 saturated carbocycles. The second kappa shape index (κ2) is 5.72. The lowest BCUT2D eigenvalue weighted by atomic mass is 10.2. The lowest BCUT2D eigenvalue weighted by Crippen LogP contribution is -2.33. The van der Waals surface area contributed by atoms with Crippen LogP contribution in [0.4, 0.5) is 5.82 Å². The Labute approximate surface area is 131 Å². The van der Waals surface area contributed by atoms with Gasteiger partial charge in [0, 0.05) is 57.4 Å². The van der Waals surface area contributed by atoms with E-state index >= 15 is 0 Å². The Morgan fingerprint density at radius 2 is 2.09 bits per heavy atom. The molecule has 0 N–H and O–H groups in total. The molecule has 0 spiro atoms. The minimum Gasteiger partial charge on any atom is -0.355 e. The molecule has 0 bridgehead atoms. The summed E-state index contributed by atoms with van der Waals surface area (Å²) in [5.41, 5.74) is 1.34. The van der Waals surface area contributed by atoms with E-state index in [2.05, 4.69) is 43.5 Å². The van der Waals surface area contributed by atoms with Crippen molar-refractivity contribution >= 4 is 5.82 Å².